The Kier molecular flexibility index (Phi) is 4.84. The minimum Gasteiger partial charge on any atom is -0.494 e. The Morgan fingerprint density at radius 1 is 1.35 bits per heavy atom. The highest BCUT2D eigenvalue weighted by atomic mass is 32.1. The zero-order chi connectivity index (χ0) is 14.4. The zero-order valence-corrected chi connectivity index (χ0v) is 12.1. The van der Waals surface area contributed by atoms with Gasteiger partial charge in [0.15, 0.2) is 0 Å². The minimum atomic E-state index is -0.227. The quantitative estimate of drug-likeness (QED) is 0.860. The molecule has 0 atom stereocenters. The Balaban J connectivity index is 1.93. The van der Waals surface area contributed by atoms with Crippen LogP contribution in [0, 0.1) is 6.92 Å². The van der Waals surface area contributed by atoms with Gasteiger partial charge in [-0.1, -0.05) is 23.5 Å². The summed E-state index contributed by atoms with van der Waals surface area (Å²) in [5.74, 6) is 0.591. The number of nitrogens with zero attached hydrogens (tertiary/aromatic N) is 2. The van der Waals surface area contributed by atoms with Crippen LogP contribution in [0.4, 0.5) is 5.13 Å². The third-order valence-corrected chi connectivity index (χ3v) is 3.13. The molecule has 5 nitrogen and oxygen atoms in total. The Morgan fingerprint density at radius 3 is 2.70 bits per heavy atom. The molecule has 1 N–H and O–H groups in total. The molecule has 1 aromatic heterocycles. The molecule has 104 valence electrons. The molecule has 0 bridgehead atoms. The third kappa shape index (κ3) is 4.17. The maximum atomic E-state index is 11.7. The van der Waals surface area contributed by atoms with Crippen molar-refractivity contribution in [3.05, 3.63) is 40.9 Å². The van der Waals surface area contributed by atoms with Crippen molar-refractivity contribution in [3.8, 4) is 5.75 Å². The van der Waals surface area contributed by atoms with Crippen LogP contribution < -0.4 is 10.1 Å². The lowest BCUT2D eigenvalue weighted by Gasteiger charge is -2.02. The van der Waals surface area contributed by atoms with E-state index in [1.165, 1.54) is 17.4 Å². The number of carbonyl (C=O) groups is 1. The maximum Gasteiger partial charge on any atom is 0.250 e. The van der Waals surface area contributed by atoms with Gasteiger partial charge in [-0.15, -0.1) is 10.2 Å². The number of anilines is 1. The SMILES string of the molecule is CCOc1ccc(C=CC(=O)Nc2nnc(C)s2)cc1. The first-order valence-electron chi connectivity index (χ1n) is 6.19. The molecular formula is C14H15N3O2S. The van der Waals surface area contributed by atoms with Crippen LogP contribution in [-0.4, -0.2) is 22.7 Å². The van der Waals surface area contributed by atoms with Gasteiger partial charge in [-0.05, 0) is 37.6 Å². The molecule has 0 aliphatic heterocycles. The van der Waals surface area contributed by atoms with Crippen LogP contribution >= 0.6 is 11.3 Å². The minimum absolute atomic E-state index is 0.227. The lowest BCUT2D eigenvalue weighted by atomic mass is 10.2. The van der Waals surface area contributed by atoms with Gasteiger partial charge in [0, 0.05) is 6.08 Å². The van der Waals surface area contributed by atoms with E-state index in [9.17, 15) is 4.79 Å². The normalized spacial score (nSPS) is 10.7. The van der Waals surface area contributed by atoms with Crippen molar-refractivity contribution < 1.29 is 9.53 Å². The molecule has 0 saturated carbocycles. The smallest absolute Gasteiger partial charge is 0.250 e. The molecule has 6 heteroatoms. The van der Waals surface area contributed by atoms with Crippen LogP contribution in [0.25, 0.3) is 6.08 Å². The molecule has 0 aliphatic rings. The summed E-state index contributed by atoms with van der Waals surface area (Å²) in [6.07, 6.45) is 3.20. The molecule has 0 unspecified atom stereocenters. The first kappa shape index (κ1) is 14.2. The highest BCUT2D eigenvalue weighted by Crippen LogP contribution is 2.15. The fourth-order valence-electron chi connectivity index (χ4n) is 1.51. The summed E-state index contributed by atoms with van der Waals surface area (Å²) in [5.41, 5.74) is 0.928. The lowest BCUT2D eigenvalue weighted by molar-refractivity contribution is -0.111. The number of rotatable bonds is 5. The first-order valence-corrected chi connectivity index (χ1v) is 7.01. The fraction of sp³-hybridized carbons (Fsp3) is 0.214. The van der Waals surface area contributed by atoms with E-state index in [-0.39, 0.29) is 5.91 Å². The number of benzene rings is 1. The Labute approximate surface area is 121 Å². The van der Waals surface area contributed by atoms with Gasteiger partial charge in [0.1, 0.15) is 10.8 Å². The number of aryl methyl sites for hydroxylation is 1. The van der Waals surface area contributed by atoms with Crippen LogP contribution in [0.1, 0.15) is 17.5 Å². The van der Waals surface area contributed by atoms with Crippen molar-refractivity contribution >= 4 is 28.5 Å². The Hall–Kier alpha value is -2.21. The van der Waals surface area contributed by atoms with E-state index in [2.05, 4.69) is 15.5 Å². The molecule has 2 rings (SSSR count). The van der Waals surface area contributed by atoms with Gasteiger partial charge in [0.2, 0.25) is 11.0 Å². The standard InChI is InChI=1S/C14H15N3O2S/c1-3-19-12-7-4-11(5-8-12)6-9-13(18)15-14-17-16-10(2)20-14/h4-9H,3H2,1-2H3,(H,15,17,18). The van der Waals surface area contributed by atoms with Crippen LogP contribution in [0.5, 0.6) is 5.75 Å². The summed E-state index contributed by atoms with van der Waals surface area (Å²) < 4.78 is 5.35. The molecule has 20 heavy (non-hydrogen) atoms. The molecule has 0 spiro atoms. The second-order valence-electron chi connectivity index (χ2n) is 3.95. The van der Waals surface area contributed by atoms with Crippen LogP contribution in [0.2, 0.25) is 0 Å². The summed E-state index contributed by atoms with van der Waals surface area (Å²) in [7, 11) is 0. The highest BCUT2D eigenvalue weighted by Gasteiger charge is 2.02. The number of nitrogens with one attached hydrogen (secondary N) is 1. The van der Waals surface area contributed by atoms with E-state index in [1.54, 1.807) is 6.08 Å². The molecule has 1 amide bonds. The summed E-state index contributed by atoms with van der Waals surface area (Å²) in [5, 5.41) is 11.6. The largest absolute Gasteiger partial charge is 0.494 e. The van der Waals surface area contributed by atoms with Crippen molar-refractivity contribution in [1.82, 2.24) is 10.2 Å². The summed E-state index contributed by atoms with van der Waals surface area (Å²) in [6, 6.07) is 7.53. The lowest BCUT2D eigenvalue weighted by Crippen LogP contribution is -2.07. The van der Waals surface area contributed by atoms with E-state index in [1.807, 2.05) is 38.1 Å². The zero-order valence-electron chi connectivity index (χ0n) is 11.3. The topological polar surface area (TPSA) is 64.1 Å². The van der Waals surface area contributed by atoms with Crippen molar-refractivity contribution in [2.24, 2.45) is 0 Å². The molecule has 0 fully saturated rings. The number of carbonyl (C=O) groups excluding carboxylic acids is 1. The number of hydrogen-bond donors (Lipinski definition) is 1. The van der Waals surface area contributed by atoms with Crippen LogP contribution in [0.15, 0.2) is 30.3 Å². The molecule has 0 aliphatic carbocycles. The number of ether oxygens (including phenoxy) is 1. The average Bonchev–Trinajstić information content (AvgIpc) is 2.84. The number of hydrogen-bond acceptors (Lipinski definition) is 5. The highest BCUT2D eigenvalue weighted by molar-refractivity contribution is 7.15. The van der Waals surface area contributed by atoms with Gasteiger partial charge in [-0.25, -0.2) is 0 Å². The first-order chi connectivity index (χ1) is 9.67. The predicted molar refractivity (Wildman–Crippen MR) is 79.9 cm³/mol. The second kappa shape index (κ2) is 6.81. The molecular weight excluding hydrogens is 274 g/mol. The Bertz CT molecular complexity index is 605. The fourth-order valence-corrected chi connectivity index (χ4v) is 2.10. The third-order valence-electron chi connectivity index (χ3n) is 2.37. The van der Waals surface area contributed by atoms with Gasteiger partial charge in [0.25, 0.3) is 0 Å². The van der Waals surface area contributed by atoms with Gasteiger partial charge < -0.3 is 4.74 Å². The molecule has 1 heterocycles. The van der Waals surface area contributed by atoms with Crippen LogP contribution in [-0.2, 0) is 4.79 Å². The molecule has 2 aromatic rings. The Morgan fingerprint density at radius 2 is 2.10 bits per heavy atom. The number of aromatic nitrogens is 2. The van der Waals surface area contributed by atoms with E-state index in [0.29, 0.717) is 11.7 Å². The number of amides is 1. The average molecular weight is 289 g/mol. The van der Waals surface area contributed by atoms with Crippen molar-refractivity contribution in [1.29, 1.82) is 0 Å². The van der Waals surface area contributed by atoms with Gasteiger partial charge in [0.05, 0.1) is 6.61 Å². The van der Waals surface area contributed by atoms with E-state index >= 15 is 0 Å². The van der Waals surface area contributed by atoms with E-state index in [4.69, 9.17) is 4.74 Å². The molecule has 1 aromatic carbocycles. The summed E-state index contributed by atoms with van der Waals surface area (Å²) in [4.78, 5) is 11.7. The summed E-state index contributed by atoms with van der Waals surface area (Å²) >= 11 is 1.34. The second-order valence-corrected chi connectivity index (χ2v) is 5.13. The van der Waals surface area contributed by atoms with Crippen LogP contribution in [0.3, 0.4) is 0 Å². The maximum absolute atomic E-state index is 11.7. The van der Waals surface area contributed by atoms with Gasteiger partial charge in [-0.3, -0.25) is 10.1 Å². The molecule has 0 radical (unpaired) electrons. The molecule has 0 saturated heterocycles. The van der Waals surface area contributed by atoms with E-state index in [0.717, 1.165) is 16.3 Å². The van der Waals surface area contributed by atoms with Crippen molar-refractivity contribution in [3.63, 3.8) is 0 Å². The predicted octanol–water partition coefficient (Wildman–Crippen LogP) is 2.90. The summed E-state index contributed by atoms with van der Waals surface area (Å²) in [6.45, 7) is 4.41. The van der Waals surface area contributed by atoms with Crippen molar-refractivity contribution in [2.45, 2.75) is 13.8 Å². The monoisotopic (exact) mass is 289 g/mol. The van der Waals surface area contributed by atoms with Crippen molar-refractivity contribution in [2.75, 3.05) is 11.9 Å². The van der Waals surface area contributed by atoms with E-state index < -0.39 is 0 Å². The van der Waals surface area contributed by atoms with Gasteiger partial charge in [-0.2, -0.15) is 0 Å². The van der Waals surface area contributed by atoms with Gasteiger partial charge >= 0.3 is 0 Å².